The lowest BCUT2D eigenvalue weighted by Gasteiger charge is -2.30. The normalized spacial score (nSPS) is 32.2. The topological polar surface area (TPSA) is 3.24 Å². The van der Waals surface area contributed by atoms with Crippen LogP contribution in [-0.2, 0) is 0 Å². The molecule has 2 atom stereocenters. The van der Waals surface area contributed by atoms with Gasteiger partial charge in [-0.05, 0) is 44.7 Å². The number of rotatable bonds is 1. The van der Waals surface area contributed by atoms with E-state index in [-0.39, 0.29) is 0 Å². The second-order valence-electron chi connectivity index (χ2n) is 7.27. The van der Waals surface area contributed by atoms with Crippen molar-refractivity contribution in [3.05, 3.63) is 0 Å². The second-order valence-corrected chi connectivity index (χ2v) is 7.27. The first-order valence-electron chi connectivity index (χ1n) is 9.64. The largest absolute Gasteiger partial charge is 0.301 e. The zero-order chi connectivity index (χ0) is 14.0. The van der Waals surface area contributed by atoms with E-state index in [0.717, 1.165) is 12.0 Å². The lowest BCUT2D eigenvalue weighted by atomic mass is 9.93. The molecule has 1 heterocycles. The van der Waals surface area contributed by atoms with Crippen molar-refractivity contribution in [3.63, 3.8) is 0 Å². The van der Waals surface area contributed by atoms with Gasteiger partial charge in [-0.15, -0.1) is 0 Å². The fraction of sp³-hybridized carbons (Fsp3) is 1.00. The maximum absolute atomic E-state index is 2.81. The van der Waals surface area contributed by atoms with E-state index in [1.54, 1.807) is 0 Å². The van der Waals surface area contributed by atoms with Crippen LogP contribution in [0.25, 0.3) is 0 Å². The molecule has 2 aliphatic rings. The van der Waals surface area contributed by atoms with Crippen LogP contribution in [0.3, 0.4) is 0 Å². The van der Waals surface area contributed by atoms with Crippen molar-refractivity contribution >= 4 is 0 Å². The summed E-state index contributed by atoms with van der Waals surface area (Å²) >= 11 is 0. The number of nitrogens with zero attached hydrogens (tertiary/aromatic N) is 1. The van der Waals surface area contributed by atoms with Crippen molar-refractivity contribution in [3.8, 4) is 0 Å². The van der Waals surface area contributed by atoms with Gasteiger partial charge in [0.05, 0.1) is 0 Å². The minimum absolute atomic E-state index is 0.912. The summed E-state index contributed by atoms with van der Waals surface area (Å²) in [4.78, 5) is 2.81. The molecule has 1 aliphatic heterocycles. The van der Waals surface area contributed by atoms with Gasteiger partial charge in [-0.25, -0.2) is 0 Å². The predicted octanol–water partition coefficient (Wildman–Crippen LogP) is 5.78. The highest BCUT2D eigenvalue weighted by Crippen LogP contribution is 2.30. The fourth-order valence-corrected chi connectivity index (χ4v) is 4.42. The molecule has 1 saturated carbocycles. The molecule has 2 fully saturated rings. The molecule has 0 aromatic carbocycles. The SMILES string of the molecule is CCN1CCCCCCCCCCC2CCCC1CC2. The van der Waals surface area contributed by atoms with Gasteiger partial charge in [0.1, 0.15) is 0 Å². The first-order valence-corrected chi connectivity index (χ1v) is 9.64. The van der Waals surface area contributed by atoms with Gasteiger partial charge >= 0.3 is 0 Å². The van der Waals surface area contributed by atoms with Crippen LogP contribution in [0.5, 0.6) is 0 Å². The molecule has 0 aromatic rings. The molecule has 1 aliphatic carbocycles. The van der Waals surface area contributed by atoms with Crippen LogP contribution in [0.1, 0.15) is 96.8 Å². The van der Waals surface area contributed by atoms with Gasteiger partial charge in [-0.2, -0.15) is 0 Å². The van der Waals surface area contributed by atoms with Crippen LogP contribution < -0.4 is 0 Å². The van der Waals surface area contributed by atoms with Gasteiger partial charge in [-0.1, -0.05) is 71.1 Å². The number of hydrogen-bond donors (Lipinski definition) is 0. The molecule has 1 nitrogen and oxygen atoms in total. The van der Waals surface area contributed by atoms with Crippen LogP contribution in [-0.4, -0.2) is 24.0 Å². The number of hydrogen-bond acceptors (Lipinski definition) is 1. The third kappa shape index (κ3) is 5.76. The molecule has 2 rings (SSSR count). The van der Waals surface area contributed by atoms with Crippen LogP contribution in [0.15, 0.2) is 0 Å². The van der Waals surface area contributed by atoms with Crippen LogP contribution in [0.2, 0.25) is 0 Å². The summed E-state index contributed by atoms with van der Waals surface area (Å²) in [6.07, 6.45) is 20.9. The Morgan fingerprint density at radius 1 is 0.650 bits per heavy atom. The Labute approximate surface area is 127 Å². The lowest BCUT2D eigenvalue weighted by molar-refractivity contribution is 0.182. The maximum Gasteiger partial charge on any atom is 0.00952 e. The second kappa shape index (κ2) is 9.82. The molecule has 2 bridgehead atoms. The van der Waals surface area contributed by atoms with Crippen LogP contribution in [0.4, 0.5) is 0 Å². The van der Waals surface area contributed by atoms with Crippen molar-refractivity contribution < 1.29 is 0 Å². The summed E-state index contributed by atoms with van der Waals surface area (Å²) in [5, 5.41) is 0. The summed E-state index contributed by atoms with van der Waals surface area (Å²) in [7, 11) is 0. The van der Waals surface area contributed by atoms with E-state index in [2.05, 4.69) is 11.8 Å². The smallest absolute Gasteiger partial charge is 0.00952 e. The highest BCUT2D eigenvalue weighted by Gasteiger charge is 2.22. The Balaban J connectivity index is 1.87. The van der Waals surface area contributed by atoms with Gasteiger partial charge < -0.3 is 4.90 Å². The summed E-state index contributed by atoms with van der Waals surface area (Å²) in [5.41, 5.74) is 0. The molecule has 0 amide bonds. The van der Waals surface area contributed by atoms with E-state index in [4.69, 9.17) is 0 Å². The Bertz CT molecular complexity index is 238. The van der Waals surface area contributed by atoms with Crippen molar-refractivity contribution in [2.45, 2.75) is 103 Å². The molecular weight excluding hydrogens is 242 g/mol. The standard InChI is InChI=1S/C19H37N/c1-2-20-17-10-8-6-4-3-5-7-9-12-18-13-11-14-19(20)16-15-18/h18-19H,2-17H2,1H3. The zero-order valence-corrected chi connectivity index (χ0v) is 13.9. The van der Waals surface area contributed by atoms with Gasteiger partial charge in [0.25, 0.3) is 0 Å². The molecule has 0 N–H and O–H groups in total. The molecule has 0 radical (unpaired) electrons. The third-order valence-corrected chi connectivity index (χ3v) is 5.79. The minimum Gasteiger partial charge on any atom is -0.301 e. The molecule has 1 saturated heterocycles. The zero-order valence-electron chi connectivity index (χ0n) is 13.9. The van der Waals surface area contributed by atoms with E-state index in [1.165, 1.54) is 103 Å². The van der Waals surface area contributed by atoms with Crippen molar-refractivity contribution in [2.24, 2.45) is 5.92 Å². The average molecular weight is 280 g/mol. The Morgan fingerprint density at radius 2 is 1.30 bits per heavy atom. The van der Waals surface area contributed by atoms with Crippen molar-refractivity contribution in [1.29, 1.82) is 0 Å². The average Bonchev–Trinajstić information content (AvgIpc) is 2.70. The molecule has 118 valence electrons. The van der Waals surface area contributed by atoms with E-state index in [9.17, 15) is 0 Å². The summed E-state index contributed by atoms with van der Waals surface area (Å²) in [5.74, 6) is 1.06. The summed E-state index contributed by atoms with van der Waals surface area (Å²) in [6, 6.07) is 0.912. The fourth-order valence-electron chi connectivity index (χ4n) is 4.42. The number of fused-ring (bicyclic) bond motifs is 3. The maximum atomic E-state index is 2.81. The van der Waals surface area contributed by atoms with E-state index >= 15 is 0 Å². The molecule has 2 unspecified atom stereocenters. The van der Waals surface area contributed by atoms with Crippen LogP contribution in [0, 0.1) is 5.92 Å². The first-order chi connectivity index (χ1) is 9.90. The van der Waals surface area contributed by atoms with E-state index in [1.807, 2.05) is 0 Å². The van der Waals surface area contributed by atoms with Crippen molar-refractivity contribution in [2.75, 3.05) is 13.1 Å². The summed E-state index contributed by atoms with van der Waals surface area (Å²) in [6.45, 7) is 5.01. The predicted molar refractivity (Wildman–Crippen MR) is 89.2 cm³/mol. The van der Waals surface area contributed by atoms with Gasteiger partial charge in [0.15, 0.2) is 0 Å². The Kier molecular flexibility index (Phi) is 8.02. The molecule has 20 heavy (non-hydrogen) atoms. The third-order valence-electron chi connectivity index (χ3n) is 5.79. The lowest BCUT2D eigenvalue weighted by Crippen LogP contribution is -2.35. The quantitative estimate of drug-likeness (QED) is 0.588. The van der Waals surface area contributed by atoms with Crippen LogP contribution >= 0.6 is 0 Å². The van der Waals surface area contributed by atoms with E-state index in [0.29, 0.717) is 0 Å². The highest BCUT2D eigenvalue weighted by molar-refractivity contribution is 4.77. The van der Waals surface area contributed by atoms with Gasteiger partial charge in [-0.3, -0.25) is 0 Å². The molecular formula is C19H37N. The minimum atomic E-state index is 0.912. The highest BCUT2D eigenvalue weighted by atomic mass is 15.1. The van der Waals surface area contributed by atoms with Gasteiger partial charge in [0.2, 0.25) is 0 Å². The molecule has 0 aromatic heterocycles. The Morgan fingerprint density at radius 3 is 2.05 bits per heavy atom. The summed E-state index contributed by atoms with van der Waals surface area (Å²) < 4.78 is 0. The monoisotopic (exact) mass is 279 g/mol. The molecule has 1 heteroatoms. The first kappa shape index (κ1) is 16.3. The van der Waals surface area contributed by atoms with Gasteiger partial charge in [0, 0.05) is 6.04 Å². The molecule has 0 spiro atoms. The Hall–Kier alpha value is -0.0400. The van der Waals surface area contributed by atoms with Crippen molar-refractivity contribution in [1.82, 2.24) is 4.90 Å². The van der Waals surface area contributed by atoms with E-state index < -0.39 is 0 Å².